The molecule has 2 unspecified atom stereocenters. The number of likely N-dealkylation sites (N-methyl/N-ethyl adjacent to an activating group) is 1. The van der Waals surface area contributed by atoms with Gasteiger partial charge in [0, 0.05) is 18.6 Å². The van der Waals surface area contributed by atoms with Gasteiger partial charge >= 0.3 is 0 Å². The molecule has 1 aliphatic rings. The molecule has 1 heterocycles. The first-order valence-corrected chi connectivity index (χ1v) is 5.75. The topological polar surface area (TPSA) is 15.3 Å². The Balaban J connectivity index is 2.32. The summed E-state index contributed by atoms with van der Waals surface area (Å²) in [6, 6.07) is 1.53. The van der Waals surface area contributed by atoms with Gasteiger partial charge < -0.3 is 5.32 Å². The SMILES string of the molecule is CCCN(CC)C1CCC(C)NC1. The fraction of sp³-hybridized carbons (Fsp3) is 1.00. The summed E-state index contributed by atoms with van der Waals surface area (Å²) in [6.07, 6.45) is 3.99. The van der Waals surface area contributed by atoms with E-state index in [4.69, 9.17) is 0 Å². The second kappa shape index (κ2) is 5.61. The molecule has 0 radical (unpaired) electrons. The van der Waals surface area contributed by atoms with Crippen LogP contribution in [0.2, 0.25) is 0 Å². The molecule has 0 amide bonds. The second-order valence-electron chi connectivity index (χ2n) is 4.17. The zero-order valence-corrected chi connectivity index (χ0v) is 9.34. The first-order valence-electron chi connectivity index (χ1n) is 5.75. The maximum atomic E-state index is 3.56. The molecule has 1 aliphatic heterocycles. The van der Waals surface area contributed by atoms with Gasteiger partial charge in [-0.2, -0.15) is 0 Å². The van der Waals surface area contributed by atoms with Crippen LogP contribution in [-0.2, 0) is 0 Å². The van der Waals surface area contributed by atoms with Crippen LogP contribution in [-0.4, -0.2) is 36.6 Å². The van der Waals surface area contributed by atoms with Crippen LogP contribution in [0.4, 0.5) is 0 Å². The van der Waals surface area contributed by atoms with Crippen LogP contribution in [0.5, 0.6) is 0 Å². The maximum absolute atomic E-state index is 3.56. The van der Waals surface area contributed by atoms with Gasteiger partial charge in [-0.1, -0.05) is 13.8 Å². The summed E-state index contributed by atoms with van der Waals surface area (Å²) in [5.74, 6) is 0. The highest BCUT2D eigenvalue weighted by Crippen LogP contribution is 2.13. The Bertz CT molecular complexity index is 128. The van der Waals surface area contributed by atoms with Crippen molar-refractivity contribution in [3.63, 3.8) is 0 Å². The van der Waals surface area contributed by atoms with Crippen LogP contribution >= 0.6 is 0 Å². The number of nitrogens with one attached hydrogen (secondary N) is 1. The van der Waals surface area contributed by atoms with E-state index in [0.29, 0.717) is 0 Å². The Hall–Kier alpha value is -0.0800. The minimum Gasteiger partial charge on any atom is -0.313 e. The summed E-state index contributed by atoms with van der Waals surface area (Å²) in [7, 11) is 0. The normalized spacial score (nSPS) is 29.5. The zero-order chi connectivity index (χ0) is 9.68. The van der Waals surface area contributed by atoms with Crippen molar-refractivity contribution in [2.45, 2.75) is 52.1 Å². The zero-order valence-electron chi connectivity index (χ0n) is 9.34. The molecule has 0 spiro atoms. The first kappa shape index (κ1) is 11.0. The molecule has 0 aliphatic carbocycles. The molecule has 2 nitrogen and oxygen atoms in total. The third-order valence-corrected chi connectivity index (χ3v) is 3.07. The second-order valence-corrected chi connectivity index (χ2v) is 4.17. The van der Waals surface area contributed by atoms with Crippen LogP contribution in [0.1, 0.15) is 40.0 Å². The quantitative estimate of drug-likeness (QED) is 0.717. The molecule has 2 heteroatoms. The van der Waals surface area contributed by atoms with Crippen LogP contribution < -0.4 is 5.32 Å². The van der Waals surface area contributed by atoms with Gasteiger partial charge in [-0.15, -0.1) is 0 Å². The van der Waals surface area contributed by atoms with Gasteiger partial charge in [0.1, 0.15) is 0 Å². The maximum Gasteiger partial charge on any atom is 0.0221 e. The van der Waals surface area contributed by atoms with E-state index < -0.39 is 0 Å². The molecule has 0 aromatic carbocycles. The molecule has 2 atom stereocenters. The fourth-order valence-corrected chi connectivity index (χ4v) is 2.18. The van der Waals surface area contributed by atoms with E-state index in [2.05, 4.69) is 31.0 Å². The third-order valence-electron chi connectivity index (χ3n) is 3.07. The predicted octanol–water partition coefficient (Wildman–Crippen LogP) is 1.86. The molecule has 1 N–H and O–H groups in total. The van der Waals surface area contributed by atoms with Gasteiger partial charge in [-0.05, 0) is 39.3 Å². The van der Waals surface area contributed by atoms with Gasteiger partial charge in [0.15, 0.2) is 0 Å². The third kappa shape index (κ3) is 3.28. The van der Waals surface area contributed by atoms with Crippen molar-refractivity contribution in [2.24, 2.45) is 0 Å². The Kier molecular flexibility index (Phi) is 4.74. The van der Waals surface area contributed by atoms with Gasteiger partial charge in [0.05, 0.1) is 0 Å². The van der Waals surface area contributed by atoms with Gasteiger partial charge in [-0.3, -0.25) is 4.90 Å². The number of hydrogen-bond acceptors (Lipinski definition) is 2. The van der Waals surface area contributed by atoms with Crippen LogP contribution in [0.15, 0.2) is 0 Å². The summed E-state index contributed by atoms with van der Waals surface area (Å²) in [6.45, 7) is 10.5. The van der Waals surface area contributed by atoms with Crippen molar-refractivity contribution in [3.8, 4) is 0 Å². The fourth-order valence-electron chi connectivity index (χ4n) is 2.18. The molecule has 1 fully saturated rings. The van der Waals surface area contributed by atoms with E-state index in [-0.39, 0.29) is 0 Å². The Morgan fingerprint density at radius 2 is 2.08 bits per heavy atom. The van der Waals surface area contributed by atoms with E-state index in [1.807, 2.05) is 0 Å². The average molecular weight is 184 g/mol. The lowest BCUT2D eigenvalue weighted by atomic mass is 10.0. The van der Waals surface area contributed by atoms with E-state index in [0.717, 1.165) is 12.1 Å². The minimum atomic E-state index is 0.733. The van der Waals surface area contributed by atoms with Crippen molar-refractivity contribution in [3.05, 3.63) is 0 Å². The van der Waals surface area contributed by atoms with Crippen molar-refractivity contribution in [1.29, 1.82) is 0 Å². The van der Waals surface area contributed by atoms with Crippen molar-refractivity contribution in [1.82, 2.24) is 10.2 Å². The molecule has 78 valence electrons. The largest absolute Gasteiger partial charge is 0.313 e. The van der Waals surface area contributed by atoms with E-state index in [9.17, 15) is 0 Å². The molecule has 1 rings (SSSR count). The highest BCUT2D eigenvalue weighted by molar-refractivity contribution is 4.81. The predicted molar refractivity (Wildman–Crippen MR) is 58.0 cm³/mol. The molecule has 0 aromatic heterocycles. The lowest BCUT2D eigenvalue weighted by molar-refractivity contribution is 0.161. The van der Waals surface area contributed by atoms with E-state index in [1.165, 1.54) is 38.9 Å². The Morgan fingerprint density at radius 1 is 1.31 bits per heavy atom. The first-order chi connectivity index (χ1) is 6.27. The number of hydrogen-bond donors (Lipinski definition) is 1. The molecule has 0 saturated carbocycles. The molecule has 13 heavy (non-hydrogen) atoms. The highest BCUT2D eigenvalue weighted by atomic mass is 15.2. The lowest BCUT2D eigenvalue weighted by Crippen LogP contribution is -2.49. The molecular formula is C11H24N2. The van der Waals surface area contributed by atoms with Crippen molar-refractivity contribution in [2.75, 3.05) is 19.6 Å². The monoisotopic (exact) mass is 184 g/mol. The average Bonchev–Trinajstić information content (AvgIpc) is 2.16. The van der Waals surface area contributed by atoms with Gasteiger partial charge in [0.25, 0.3) is 0 Å². The molecule has 0 aromatic rings. The van der Waals surface area contributed by atoms with E-state index >= 15 is 0 Å². The summed E-state index contributed by atoms with van der Waals surface area (Å²) in [4.78, 5) is 2.61. The summed E-state index contributed by atoms with van der Waals surface area (Å²) in [5.41, 5.74) is 0. The van der Waals surface area contributed by atoms with Crippen LogP contribution in [0.3, 0.4) is 0 Å². The smallest absolute Gasteiger partial charge is 0.0221 e. The standard InChI is InChI=1S/C11H24N2/c1-4-8-13(5-2)11-7-6-10(3)12-9-11/h10-12H,4-9H2,1-3H3. The number of nitrogens with zero attached hydrogens (tertiary/aromatic N) is 1. The summed E-state index contributed by atoms with van der Waals surface area (Å²) in [5, 5.41) is 3.56. The summed E-state index contributed by atoms with van der Waals surface area (Å²) >= 11 is 0. The minimum absolute atomic E-state index is 0.733. The van der Waals surface area contributed by atoms with Gasteiger partial charge in [-0.25, -0.2) is 0 Å². The van der Waals surface area contributed by atoms with Gasteiger partial charge in [0.2, 0.25) is 0 Å². The summed E-state index contributed by atoms with van der Waals surface area (Å²) < 4.78 is 0. The van der Waals surface area contributed by atoms with Crippen LogP contribution in [0.25, 0.3) is 0 Å². The highest BCUT2D eigenvalue weighted by Gasteiger charge is 2.21. The van der Waals surface area contributed by atoms with Crippen molar-refractivity contribution < 1.29 is 0 Å². The Morgan fingerprint density at radius 3 is 2.54 bits per heavy atom. The lowest BCUT2D eigenvalue weighted by Gasteiger charge is -2.36. The number of rotatable bonds is 4. The van der Waals surface area contributed by atoms with Crippen molar-refractivity contribution >= 4 is 0 Å². The van der Waals surface area contributed by atoms with E-state index in [1.54, 1.807) is 0 Å². The number of piperidine rings is 1. The Labute approximate surface area is 82.7 Å². The molecule has 1 saturated heterocycles. The molecular weight excluding hydrogens is 160 g/mol. The van der Waals surface area contributed by atoms with Crippen LogP contribution in [0, 0.1) is 0 Å². The molecule has 0 bridgehead atoms.